The number of halogens is 1. The van der Waals surface area contributed by atoms with Crippen molar-refractivity contribution in [1.82, 2.24) is 5.32 Å². The second-order valence-corrected chi connectivity index (χ2v) is 5.99. The molecule has 0 aromatic heterocycles. The van der Waals surface area contributed by atoms with E-state index in [0.717, 1.165) is 42.3 Å². The van der Waals surface area contributed by atoms with Crippen LogP contribution in [0, 0.1) is 0 Å². The maximum Gasteiger partial charge on any atom is 0.0810 e. The molecule has 4 nitrogen and oxygen atoms in total. The molecule has 0 saturated carbocycles. The largest absolute Gasteiger partial charge is 0.388 e. The molecular formula is C15H23ClN2O2. The number of benzene rings is 1. The molecule has 0 bridgehead atoms. The Labute approximate surface area is 125 Å². The second kappa shape index (κ2) is 6.76. The van der Waals surface area contributed by atoms with E-state index in [2.05, 4.69) is 16.3 Å². The number of nitrogens with zero attached hydrogens (tertiary/aromatic N) is 1. The van der Waals surface area contributed by atoms with Crippen LogP contribution in [-0.2, 0) is 11.3 Å². The van der Waals surface area contributed by atoms with Crippen molar-refractivity contribution in [2.75, 3.05) is 38.3 Å². The average molecular weight is 299 g/mol. The van der Waals surface area contributed by atoms with Crippen LogP contribution >= 0.6 is 11.6 Å². The Balaban J connectivity index is 2.10. The van der Waals surface area contributed by atoms with Gasteiger partial charge in [0.25, 0.3) is 0 Å². The van der Waals surface area contributed by atoms with Gasteiger partial charge in [-0.1, -0.05) is 23.7 Å². The quantitative estimate of drug-likeness (QED) is 0.789. The molecule has 1 atom stereocenters. The molecule has 1 aliphatic rings. The van der Waals surface area contributed by atoms with Crippen LogP contribution in [0.5, 0.6) is 0 Å². The Hall–Kier alpha value is -0.810. The highest BCUT2D eigenvalue weighted by atomic mass is 35.5. The molecule has 5 heteroatoms. The Morgan fingerprint density at radius 3 is 2.95 bits per heavy atom. The molecule has 1 fully saturated rings. The topological polar surface area (TPSA) is 44.7 Å². The van der Waals surface area contributed by atoms with Crippen molar-refractivity contribution in [1.29, 1.82) is 0 Å². The number of ether oxygens (including phenoxy) is 1. The van der Waals surface area contributed by atoms with E-state index in [9.17, 15) is 5.11 Å². The molecule has 0 radical (unpaired) electrons. The number of nitrogens with one attached hydrogen (secondary N) is 1. The van der Waals surface area contributed by atoms with Gasteiger partial charge in [-0.3, -0.25) is 0 Å². The van der Waals surface area contributed by atoms with E-state index >= 15 is 0 Å². The van der Waals surface area contributed by atoms with Crippen LogP contribution in [-0.4, -0.2) is 44.1 Å². The minimum atomic E-state index is -0.625. The fourth-order valence-corrected chi connectivity index (χ4v) is 2.90. The standard InChI is InChI=1S/C15H23ClN2O2/c1-15(19)6-8-18(11-15)14-12(4-3-5-13(14)16)10-17-7-9-20-2/h3-5,17,19H,6-11H2,1-2H3. The van der Waals surface area contributed by atoms with Gasteiger partial charge in [-0.25, -0.2) is 0 Å². The molecule has 0 spiro atoms. The molecule has 1 aromatic rings. The first-order chi connectivity index (χ1) is 9.53. The van der Waals surface area contributed by atoms with Gasteiger partial charge in [-0.05, 0) is 25.0 Å². The Morgan fingerprint density at radius 1 is 1.50 bits per heavy atom. The SMILES string of the molecule is COCCNCc1cccc(Cl)c1N1CCC(C)(O)C1. The van der Waals surface area contributed by atoms with E-state index in [0.29, 0.717) is 13.2 Å². The van der Waals surface area contributed by atoms with Crippen LogP contribution in [0.1, 0.15) is 18.9 Å². The molecule has 0 aliphatic carbocycles. The van der Waals surface area contributed by atoms with E-state index in [1.54, 1.807) is 7.11 Å². The first-order valence-electron chi connectivity index (χ1n) is 6.98. The summed E-state index contributed by atoms with van der Waals surface area (Å²) in [5.41, 5.74) is 1.57. The van der Waals surface area contributed by atoms with E-state index in [4.69, 9.17) is 16.3 Å². The minimum Gasteiger partial charge on any atom is -0.388 e. The Bertz CT molecular complexity index is 451. The zero-order valence-corrected chi connectivity index (χ0v) is 12.9. The van der Waals surface area contributed by atoms with Gasteiger partial charge in [0.15, 0.2) is 0 Å². The van der Waals surface area contributed by atoms with E-state index in [1.807, 2.05) is 19.1 Å². The van der Waals surface area contributed by atoms with Gasteiger partial charge in [-0.2, -0.15) is 0 Å². The minimum absolute atomic E-state index is 0.625. The van der Waals surface area contributed by atoms with Gasteiger partial charge in [0, 0.05) is 33.3 Å². The molecule has 112 valence electrons. The van der Waals surface area contributed by atoms with Crippen LogP contribution in [0.25, 0.3) is 0 Å². The van der Waals surface area contributed by atoms with E-state index in [-0.39, 0.29) is 0 Å². The lowest BCUT2D eigenvalue weighted by Crippen LogP contribution is -2.30. The normalized spacial score (nSPS) is 22.5. The number of hydrogen-bond acceptors (Lipinski definition) is 4. The summed E-state index contributed by atoms with van der Waals surface area (Å²) in [7, 11) is 1.69. The van der Waals surface area contributed by atoms with Crippen molar-refractivity contribution in [2.45, 2.75) is 25.5 Å². The summed E-state index contributed by atoms with van der Waals surface area (Å²) in [6, 6.07) is 5.95. The molecule has 1 unspecified atom stereocenters. The highest BCUT2D eigenvalue weighted by Gasteiger charge is 2.33. The molecule has 20 heavy (non-hydrogen) atoms. The molecule has 1 aliphatic heterocycles. The third-order valence-corrected chi connectivity index (χ3v) is 3.94. The number of anilines is 1. The lowest BCUT2D eigenvalue weighted by atomic mass is 10.1. The number of β-amino-alcohol motifs (C(OH)–C–C–N with tert-alkyl or cyclic N) is 1. The molecule has 1 saturated heterocycles. The molecule has 1 heterocycles. The maximum absolute atomic E-state index is 10.1. The second-order valence-electron chi connectivity index (χ2n) is 5.59. The monoisotopic (exact) mass is 298 g/mol. The highest BCUT2D eigenvalue weighted by Crippen LogP contribution is 2.34. The predicted molar refractivity (Wildman–Crippen MR) is 82.5 cm³/mol. The first-order valence-corrected chi connectivity index (χ1v) is 7.36. The summed E-state index contributed by atoms with van der Waals surface area (Å²) >= 11 is 6.37. The summed E-state index contributed by atoms with van der Waals surface area (Å²) in [5, 5.41) is 14.2. The number of methoxy groups -OCH3 is 1. The molecular weight excluding hydrogens is 276 g/mol. The molecule has 2 N–H and O–H groups in total. The van der Waals surface area contributed by atoms with E-state index in [1.165, 1.54) is 0 Å². The number of rotatable bonds is 6. The summed E-state index contributed by atoms with van der Waals surface area (Å²) in [6.07, 6.45) is 0.773. The first kappa shape index (κ1) is 15.6. The van der Waals surface area contributed by atoms with Gasteiger partial charge in [-0.15, -0.1) is 0 Å². The zero-order valence-electron chi connectivity index (χ0n) is 12.2. The summed E-state index contributed by atoms with van der Waals surface area (Å²) in [5.74, 6) is 0. The van der Waals surface area contributed by atoms with Crippen LogP contribution in [0.15, 0.2) is 18.2 Å². The summed E-state index contributed by atoms with van der Waals surface area (Å²) in [4.78, 5) is 2.18. The third-order valence-electron chi connectivity index (χ3n) is 3.64. The van der Waals surface area contributed by atoms with E-state index < -0.39 is 5.60 Å². The van der Waals surface area contributed by atoms with Crippen LogP contribution in [0.2, 0.25) is 5.02 Å². The highest BCUT2D eigenvalue weighted by molar-refractivity contribution is 6.33. The fourth-order valence-electron chi connectivity index (χ4n) is 2.59. The van der Waals surface area contributed by atoms with Crippen LogP contribution in [0.3, 0.4) is 0 Å². The van der Waals surface area contributed by atoms with Crippen molar-refractivity contribution < 1.29 is 9.84 Å². The fraction of sp³-hybridized carbons (Fsp3) is 0.600. The Morgan fingerprint density at radius 2 is 2.30 bits per heavy atom. The number of para-hydroxylation sites is 1. The third kappa shape index (κ3) is 3.85. The molecule has 0 amide bonds. The Kier molecular flexibility index (Phi) is 5.27. The van der Waals surface area contributed by atoms with Gasteiger partial charge in [0.1, 0.15) is 0 Å². The number of aliphatic hydroxyl groups is 1. The van der Waals surface area contributed by atoms with Crippen LogP contribution < -0.4 is 10.2 Å². The number of hydrogen-bond donors (Lipinski definition) is 2. The van der Waals surface area contributed by atoms with Crippen LogP contribution in [0.4, 0.5) is 5.69 Å². The predicted octanol–water partition coefficient (Wildman–Crippen LogP) is 2.04. The maximum atomic E-state index is 10.1. The van der Waals surface area contributed by atoms with Crippen molar-refractivity contribution in [3.05, 3.63) is 28.8 Å². The van der Waals surface area contributed by atoms with Crippen molar-refractivity contribution >= 4 is 17.3 Å². The summed E-state index contributed by atoms with van der Waals surface area (Å²) in [6.45, 7) is 5.58. The zero-order chi connectivity index (χ0) is 14.6. The van der Waals surface area contributed by atoms with Gasteiger partial charge in [0.2, 0.25) is 0 Å². The van der Waals surface area contributed by atoms with Gasteiger partial charge in [0.05, 0.1) is 22.9 Å². The van der Waals surface area contributed by atoms with Gasteiger partial charge >= 0.3 is 0 Å². The lowest BCUT2D eigenvalue weighted by Gasteiger charge is -2.25. The van der Waals surface area contributed by atoms with Crippen molar-refractivity contribution in [2.24, 2.45) is 0 Å². The smallest absolute Gasteiger partial charge is 0.0810 e. The average Bonchev–Trinajstić information content (AvgIpc) is 2.75. The van der Waals surface area contributed by atoms with Crippen molar-refractivity contribution in [3.63, 3.8) is 0 Å². The lowest BCUT2D eigenvalue weighted by molar-refractivity contribution is 0.0839. The molecule has 1 aromatic carbocycles. The summed E-state index contributed by atoms with van der Waals surface area (Å²) < 4.78 is 5.03. The van der Waals surface area contributed by atoms with Gasteiger partial charge < -0.3 is 20.1 Å². The van der Waals surface area contributed by atoms with Crippen molar-refractivity contribution in [3.8, 4) is 0 Å². The molecule has 2 rings (SSSR count).